The number of ether oxygens (including phenoxy) is 1. The Kier molecular flexibility index (Phi) is 5.83. The van der Waals surface area contributed by atoms with Gasteiger partial charge in [-0.3, -0.25) is 4.79 Å². The van der Waals surface area contributed by atoms with E-state index in [1.807, 2.05) is 19.1 Å². The highest BCUT2D eigenvalue weighted by Crippen LogP contribution is 2.21. The third-order valence-corrected chi connectivity index (χ3v) is 4.10. The largest absolute Gasteiger partial charge is 0.459 e. The van der Waals surface area contributed by atoms with Crippen molar-refractivity contribution in [3.05, 3.63) is 57.9 Å². The van der Waals surface area contributed by atoms with Crippen molar-refractivity contribution in [2.75, 3.05) is 0 Å². The molecule has 2 N–H and O–H groups in total. The molecule has 6 nitrogen and oxygen atoms in total. The minimum atomic E-state index is -0.439. The first-order valence-corrected chi connectivity index (χ1v) is 8.45. The number of carbonyl (C=O) groups is 2. The zero-order valence-electron chi connectivity index (χ0n) is 15.6. The van der Waals surface area contributed by atoms with E-state index in [1.54, 1.807) is 39.8 Å². The Bertz CT molecular complexity index is 858. The molecule has 0 fully saturated rings. The number of hydrogen-bond donors (Lipinski definition) is 2. The molecule has 1 atom stereocenters. The van der Waals surface area contributed by atoms with E-state index in [4.69, 9.17) is 10.00 Å². The van der Waals surface area contributed by atoms with Crippen LogP contribution in [0, 0.1) is 25.2 Å². The summed E-state index contributed by atoms with van der Waals surface area (Å²) in [5.74, 6) is -0.739. The predicted octanol–water partition coefficient (Wildman–Crippen LogP) is 3.56. The van der Waals surface area contributed by atoms with Crippen LogP contribution in [0.4, 0.5) is 0 Å². The molecule has 0 radical (unpaired) electrons. The molecule has 2 rings (SSSR count). The lowest BCUT2D eigenvalue weighted by Gasteiger charge is -2.14. The highest BCUT2D eigenvalue weighted by molar-refractivity contribution is 6.00. The number of hydrogen-bond acceptors (Lipinski definition) is 4. The van der Waals surface area contributed by atoms with Crippen molar-refractivity contribution in [1.29, 1.82) is 5.26 Å². The van der Waals surface area contributed by atoms with E-state index < -0.39 is 5.97 Å². The fourth-order valence-corrected chi connectivity index (χ4v) is 2.75. The van der Waals surface area contributed by atoms with Gasteiger partial charge in [-0.25, -0.2) is 4.79 Å². The molecule has 1 amide bonds. The molecule has 0 aliphatic carbocycles. The fourth-order valence-electron chi connectivity index (χ4n) is 2.75. The van der Waals surface area contributed by atoms with E-state index in [0.29, 0.717) is 28.1 Å². The van der Waals surface area contributed by atoms with Crippen LogP contribution in [0.2, 0.25) is 0 Å². The van der Waals surface area contributed by atoms with Gasteiger partial charge in [0.2, 0.25) is 0 Å². The predicted molar refractivity (Wildman–Crippen MR) is 97.9 cm³/mol. The number of benzene rings is 1. The summed E-state index contributed by atoms with van der Waals surface area (Å²) < 4.78 is 5.25. The quantitative estimate of drug-likeness (QED) is 0.804. The standard InChI is InChI=1S/C20H23N3O3/c1-11(2)26-20(25)17-12(3)18(22-14(17)5)19(24)23-13(4)16-8-6-15(10-21)7-9-16/h6-9,11,13,22H,1-5H3,(H,23,24). The third kappa shape index (κ3) is 4.12. The van der Waals surface area contributed by atoms with Crippen LogP contribution in [0.15, 0.2) is 24.3 Å². The number of nitrogens with one attached hydrogen (secondary N) is 2. The molecule has 1 unspecified atom stereocenters. The van der Waals surface area contributed by atoms with Crippen LogP contribution in [0.5, 0.6) is 0 Å². The van der Waals surface area contributed by atoms with Gasteiger partial charge >= 0.3 is 5.97 Å². The number of nitrogens with zero attached hydrogens (tertiary/aromatic N) is 1. The van der Waals surface area contributed by atoms with Gasteiger partial charge in [-0.1, -0.05) is 12.1 Å². The molecule has 6 heteroatoms. The van der Waals surface area contributed by atoms with E-state index in [2.05, 4.69) is 16.4 Å². The van der Waals surface area contributed by atoms with E-state index in [-0.39, 0.29) is 18.1 Å². The van der Waals surface area contributed by atoms with E-state index in [9.17, 15) is 9.59 Å². The summed E-state index contributed by atoms with van der Waals surface area (Å²) in [6, 6.07) is 8.85. The van der Waals surface area contributed by atoms with Gasteiger partial charge in [0.1, 0.15) is 5.69 Å². The van der Waals surface area contributed by atoms with Crippen molar-refractivity contribution >= 4 is 11.9 Å². The van der Waals surface area contributed by atoms with Crippen LogP contribution in [-0.4, -0.2) is 23.0 Å². The topological polar surface area (TPSA) is 95.0 Å². The Labute approximate surface area is 153 Å². The Morgan fingerprint density at radius 2 is 1.77 bits per heavy atom. The van der Waals surface area contributed by atoms with E-state index in [1.165, 1.54) is 0 Å². The smallest absolute Gasteiger partial charge is 0.340 e. The Balaban J connectivity index is 2.19. The molecule has 26 heavy (non-hydrogen) atoms. The molecule has 0 bridgehead atoms. The lowest BCUT2D eigenvalue weighted by Crippen LogP contribution is -2.27. The number of rotatable bonds is 5. The zero-order chi connectivity index (χ0) is 19.4. The maximum absolute atomic E-state index is 12.6. The maximum Gasteiger partial charge on any atom is 0.340 e. The number of H-pyrrole nitrogens is 1. The number of nitriles is 1. The highest BCUT2D eigenvalue weighted by atomic mass is 16.5. The van der Waals surface area contributed by atoms with Gasteiger partial charge < -0.3 is 15.0 Å². The minimum Gasteiger partial charge on any atom is -0.459 e. The second kappa shape index (κ2) is 7.87. The van der Waals surface area contributed by atoms with Crippen LogP contribution in [0.3, 0.4) is 0 Å². The second-order valence-electron chi connectivity index (χ2n) is 6.51. The van der Waals surface area contributed by atoms with E-state index >= 15 is 0 Å². The molecule has 1 aromatic carbocycles. The van der Waals surface area contributed by atoms with Gasteiger partial charge in [-0.05, 0) is 57.9 Å². The summed E-state index contributed by atoms with van der Waals surface area (Å²) in [7, 11) is 0. The minimum absolute atomic E-state index is 0.232. The number of aromatic amines is 1. The van der Waals surface area contributed by atoms with Crippen LogP contribution < -0.4 is 5.32 Å². The van der Waals surface area contributed by atoms with Crippen molar-refractivity contribution < 1.29 is 14.3 Å². The van der Waals surface area contributed by atoms with Gasteiger partial charge in [0.05, 0.1) is 29.3 Å². The van der Waals surface area contributed by atoms with Crippen LogP contribution >= 0.6 is 0 Å². The molecule has 0 saturated heterocycles. The lowest BCUT2D eigenvalue weighted by atomic mass is 10.1. The number of carbonyl (C=O) groups excluding carboxylic acids is 2. The van der Waals surface area contributed by atoms with Gasteiger partial charge in [-0.15, -0.1) is 0 Å². The number of esters is 1. The monoisotopic (exact) mass is 353 g/mol. The average molecular weight is 353 g/mol. The molecule has 0 aliphatic rings. The SMILES string of the molecule is Cc1[nH]c(C(=O)NC(C)c2ccc(C#N)cc2)c(C)c1C(=O)OC(C)C. The maximum atomic E-state index is 12.6. The third-order valence-electron chi connectivity index (χ3n) is 4.10. The van der Waals surface area contributed by atoms with Crippen LogP contribution in [-0.2, 0) is 4.74 Å². The molecular weight excluding hydrogens is 330 g/mol. The van der Waals surface area contributed by atoms with Crippen molar-refractivity contribution in [2.45, 2.75) is 46.8 Å². The number of aryl methyl sites for hydroxylation is 1. The summed E-state index contributed by atoms with van der Waals surface area (Å²) in [4.78, 5) is 27.9. The van der Waals surface area contributed by atoms with Gasteiger partial charge in [-0.2, -0.15) is 5.26 Å². The first kappa shape index (κ1) is 19.3. The molecule has 2 aromatic rings. The highest BCUT2D eigenvalue weighted by Gasteiger charge is 2.24. The van der Waals surface area contributed by atoms with Crippen molar-refractivity contribution in [3.63, 3.8) is 0 Å². The molecular formula is C20H23N3O3. The molecule has 136 valence electrons. The van der Waals surface area contributed by atoms with Crippen LogP contribution in [0.25, 0.3) is 0 Å². The molecule has 0 aliphatic heterocycles. The number of aromatic nitrogens is 1. The molecule has 0 saturated carbocycles. The average Bonchev–Trinajstić information content (AvgIpc) is 2.88. The van der Waals surface area contributed by atoms with Crippen molar-refractivity contribution in [1.82, 2.24) is 10.3 Å². The van der Waals surface area contributed by atoms with Gasteiger partial charge in [0, 0.05) is 5.69 Å². The Morgan fingerprint density at radius 3 is 2.31 bits per heavy atom. The first-order chi connectivity index (χ1) is 12.2. The van der Waals surface area contributed by atoms with Gasteiger partial charge in [0.25, 0.3) is 5.91 Å². The zero-order valence-corrected chi connectivity index (χ0v) is 15.6. The van der Waals surface area contributed by atoms with Crippen molar-refractivity contribution in [2.24, 2.45) is 0 Å². The summed E-state index contributed by atoms with van der Waals surface area (Å²) in [5.41, 5.74) is 3.37. The Morgan fingerprint density at radius 1 is 1.15 bits per heavy atom. The Hall–Kier alpha value is -3.07. The number of amides is 1. The summed E-state index contributed by atoms with van der Waals surface area (Å²) in [6.07, 6.45) is -0.232. The molecule has 1 aromatic heterocycles. The molecule has 0 spiro atoms. The lowest BCUT2D eigenvalue weighted by molar-refractivity contribution is 0.0376. The second-order valence-corrected chi connectivity index (χ2v) is 6.51. The summed E-state index contributed by atoms with van der Waals surface area (Å²) in [5, 5.41) is 11.8. The summed E-state index contributed by atoms with van der Waals surface area (Å²) in [6.45, 7) is 8.88. The first-order valence-electron chi connectivity index (χ1n) is 8.45. The van der Waals surface area contributed by atoms with Gasteiger partial charge in [0.15, 0.2) is 0 Å². The summed E-state index contributed by atoms with van der Waals surface area (Å²) >= 11 is 0. The normalized spacial score (nSPS) is 11.7. The van der Waals surface area contributed by atoms with Crippen molar-refractivity contribution in [3.8, 4) is 6.07 Å². The van der Waals surface area contributed by atoms with E-state index in [0.717, 1.165) is 5.56 Å². The fraction of sp³-hybridized carbons (Fsp3) is 0.350. The molecule has 1 heterocycles. The van der Waals surface area contributed by atoms with Crippen LogP contribution in [0.1, 0.15) is 70.0 Å².